The summed E-state index contributed by atoms with van der Waals surface area (Å²) in [5, 5.41) is 11.2. The topological polar surface area (TPSA) is 69.6 Å². The third-order valence-electron chi connectivity index (χ3n) is 3.29. The lowest BCUT2D eigenvalue weighted by Gasteiger charge is -2.31. The molecule has 1 aliphatic carbocycles. The van der Waals surface area contributed by atoms with E-state index >= 15 is 0 Å². The number of amides is 2. The summed E-state index contributed by atoms with van der Waals surface area (Å²) in [5.41, 5.74) is 0. The molecule has 1 aliphatic rings. The number of hydrogen-bond acceptors (Lipinski definition) is 2. The van der Waals surface area contributed by atoms with Crippen molar-refractivity contribution in [1.29, 1.82) is 0 Å². The fraction of sp³-hybridized carbons (Fsp3) is 0.833. The number of hydrogen-bond donors (Lipinski definition) is 2. The van der Waals surface area contributed by atoms with E-state index in [0.29, 0.717) is 19.0 Å². The number of carboxylic acid groups (broad SMARTS) is 1. The maximum Gasteiger partial charge on any atom is 0.317 e. The summed E-state index contributed by atoms with van der Waals surface area (Å²) in [6.07, 6.45) is 6.41. The van der Waals surface area contributed by atoms with E-state index in [1.165, 1.54) is 19.3 Å². The van der Waals surface area contributed by atoms with Crippen LogP contribution in [-0.4, -0.2) is 41.6 Å². The third-order valence-corrected chi connectivity index (χ3v) is 3.29. The van der Waals surface area contributed by atoms with Crippen molar-refractivity contribution < 1.29 is 14.7 Å². The monoisotopic (exact) mass is 242 g/mol. The molecule has 5 nitrogen and oxygen atoms in total. The molecule has 0 aromatic heterocycles. The number of rotatable bonds is 5. The van der Waals surface area contributed by atoms with Crippen molar-refractivity contribution in [3.8, 4) is 0 Å². The highest BCUT2D eigenvalue weighted by Gasteiger charge is 2.21. The van der Waals surface area contributed by atoms with Gasteiger partial charge in [0.2, 0.25) is 0 Å². The van der Waals surface area contributed by atoms with E-state index < -0.39 is 5.97 Å². The number of carbonyl (C=O) groups excluding carboxylic acids is 1. The van der Waals surface area contributed by atoms with Crippen molar-refractivity contribution in [2.75, 3.05) is 13.6 Å². The predicted molar refractivity (Wildman–Crippen MR) is 64.9 cm³/mol. The number of nitrogens with zero attached hydrogens (tertiary/aromatic N) is 1. The maximum absolute atomic E-state index is 11.8. The van der Waals surface area contributed by atoms with Crippen LogP contribution in [0.1, 0.15) is 44.9 Å². The molecule has 1 fully saturated rings. The third kappa shape index (κ3) is 5.06. The average molecular weight is 242 g/mol. The molecule has 0 spiro atoms. The van der Waals surface area contributed by atoms with E-state index in [1.807, 2.05) is 7.05 Å². The van der Waals surface area contributed by atoms with E-state index in [9.17, 15) is 9.59 Å². The van der Waals surface area contributed by atoms with Gasteiger partial charge in [0.15, 0.2) is 0 Å². The largest absolute Gasteiger partial charge is 0.481 e. The first-order chi connectivity index (χ1) is 8.11. The molecule has 2 amide bonds. The van der Waals surface area contributed by atoms with Crippen LogP contribution in [0, 0.1) is 0 Å². The van der Waals surface area contributed by atoms with Crippen molar-refractivity contribution >= 4 is 12.0 Å². The van der Waals surface area contributed by atoms with Gasteiger partial charge >= 0.3 is 12.0 Å². The van der Waals surface area contributed by atoms with Crippen molar-refractivity contribution in [3.05, 3.63) is 0 Å². The standard InChI is InChI=1S/C12H22N2O3/c1-14(10-6-3-2-4-7-10)12(17)13-9-5-8-11(15)16/h10H,2-9H2,1H3,(H,13,17)(H,15,16). The van der Waals surface area contributed by atoms with Gasteiger partial charge in [-0.3, -0.25) is 4.79 Å². The molecule has 0 aromatic rings. The Labute approximate surface area is 102 Å². The molecule has 98 valence electrons. The Morgan fingerprint density at radius 1 is 1.29 bits per heavy atom. The van der Waals surface area contributed by atoms with Crippen molar-refractivity contribution in [3.63, 3.8) is 0 Å². The van der Waals surface area contributed by atoms with E-state index in [-0.39, 0.29) is 12.5 Å². The Bertz CT molecular complexity index is 262. The molecule has 0 heterocycles. The molecule has 1 rings (SSSR count). The van der Waals surface area contributed by atoms with Gasteiger partial charge in [-0.05, 0) is 19.3 Å². The Balaban J connectivity index is 2.19. The first-order valence-corrected chi connectivity index (χ1v) is 6.33. The first-order valence-electron chi connectivity index (χ1n) is 6.33. The molecule has 0 atom stereocenters. The second-order valence-electron chi connectivity index (χ2n) is 4.63. The van der Waals surface area contributed by atoms with Crippen LogP contribution in [0.4, 0.5) is 4.79 Å². The van der Waals surface area contributed by atoms with Gasteiger partial charge in [-0.25, -0.2) is 4.79 Å². The normalized spacial score (nSPS) is 16.5. The second-order valence-corrected chi connectivity index (χ2v) is 4.63. The summed E-state index contributed by atoms with van der Waals surface area (Å²) in [4.78, 5) is 23.8. The smallest absolute Gasteiger partial charge is 0.317 e. The minimum absolute atomic E-state index is 0.0812. The first kappa shape index (κ1) is 13.8. The number of urea groups is 1. The quantitative estimate of drug-likeness (QED) is 0.722. The van der Waals surface area contributed by atoms with Gasteiger partial charge in [0, 0.05) is 26.1 Å². The van der Waals surface area contributed by atoms with Crippen LogP contribution in [0.25, 0.3) is 0 Å². The van der Waals surface area contributed by atoms with E-state index in [4.69, 9.17) is 5.11 Å². The lowest BCUT2D eigenvalue weighted by atomic mass is 9.95. The van der Waals surface area contributed by atoms with Gasteiger partial charge in [0.1, 0.15) is 0 Å². The Morgan fingerprint density at radius 2 is 1.94 bits per heavy atom. The fourth-order valence-electron chi connectivity index (χ4n) is 2.19. The highest BCUT2D eigenvalue weighted by molar-refractivity contribution is 5.74. The van der Waals surface area contributed by atoms with Gasteiger partial charge < -0.3 is 15.3 Å². The molecule has 0 radical (unpaired) electrons. The minimum atomic E-state index is -0.820. The molecular formula is C12H22N2O3. The van der Waals surface area contributed by atoms with Crippen LogP contribution in [0.2, 0.25) is 0 Å². The summed E-state index contributed by atoms with van der Waals surface area (Å²) in [6.45, 7) is 0.433. The van der Waals surface area contributed by atoms with E-state index in [2.05, 4.69) is 5.32 Å². The summed E-state index contributed by atoms with van der Waals surface area (Å²) in [6, 6.07) is 0.269. The van der Waals surface area contributed by atoms with Crippen LogP contribution in [-0.2, 0) is 4.79 Å². The lowest BCUT2D eigenvalue weighted by Crippen LogP contribution is -2.44. The summed E-state index contributed by atoms with van der Waals surface area (Å²) >= 11 is 0. The van der Waals surface area contributed by atoms with Gasteiger partial charge in [0.25, 0.3) is 0 Å². The van der Waals surface area contributed by atoms with Crippen molar-refractivity contribution in [2.45, 2.75) is 51.0 Å². The second kappa shape index (κ2) is 7.14. The Morgan fingerprint density at radius 3 is 2.53 bits per heavy atom. The van der Waals surface area contributed by atoms with Crippen molar-refractivity contribution in [1.82, 2.24) is 10.2 Å². The zero-order valence-electron chi connectivity index (χ0n) is 10.4. The Hall–Kier alpha value is -1.26. The van der Waals surface area contributed by atoms with Gasteiger partial charge in [-0.15, -0.1) is 0 Å². The molecule has 0 unspecified atom stereocenters. The van der Waals surface area contributed by atoms with Crippen LogP contribution in [0.15, 0.2) is 0 Å². The predicted octanol–water partition coefficient (Wildman–Crippen LogP) is 1.83. The highest BCUT2D eigenvalue weighted by Crippen LogP contribution is 2.21. The molecular weight excluding hydrogens is 220 g/mol. The molecule has 1 saturated carbocycles. The molecule has 2 N–H and O–H groups in total. The van der Waals surface area contributed by atoms with Crippen molar-refractivity contribution in [2.24, 2.45) is 0 Å². The summed E-state index contributed by atoms with van der Waals surface area (Å²) in [5.74, 6) is -0.820. The molecule has 0 aliphatic heterocycles. The summed E-state index contributed by atoms with van der Waals surface area (Å²) < 4.78 is 0. The Kier molecular flexibility index (Phi) is 5.80. The number of nitrogens with one attached hydrogen (secondary N) is 1. The summed E-state index contributed by atoms with van der Waals surface area (Å²) in [7, 11) is 1.82. The molecule has 0 saturated heterocycles. The SMILES string of the molecule is CN(C(=O)NCCCC(=O)O)C1CCCCC1. The number of carbonyl (C=O) groups is 2. The van der Waals surface area contributed by atoms with Gasteiger partial charge in [-0.2, -0.15) is 0 Å². The molecule has 17 heavy (non-hydrogen) atoms. The zero-order valence-corrected chi connectivity index (χ0v) is 10.4. The van der Waals surface area contributed by atoms with Crippen LogP contribution < -0.4 is 5.32 Å². The average Bonchev–Trinajstić information content (AvgIpc) is 2.34. The maximum atomic E-state index is 11.8. The zero-order chi connectivity index (χ0) is 12.7. The van der Waals surface area contributed by atoms with Crippen LogP contribution >= 0.6 is 0 Å². The number of aliphatic carboxylic acids is 1. The van der Waals surface area contributed by atoms with Crippen LogP contribution in [0.3, 0.4) is 0 Å². The van der Waals surface area contributed by atoms with E-state index in [1.54, 1.807) is 4.90 Å². The fourth-order valence-corrected chi connectivity index (χ4v) is 2.19. The molecule has 0 aromatic carbocycles. The van der Waals surface area contributed by atoms with E-state index in [0.717, 1.165) is 12.8 Å². The van der Waals surface area contributed by atoms with Gasteiger partial charge in [0.05, 0.1) is 0 Å². The molecule has 0 bridgehead atoms. The number of carboxylic acids is 1. The van der Waals surface area contributed by atoms with Crippen LogP contribution in [0.5, 0.6) is 0 Å². The lowest BCUT2D eigenvalue weighted by molar-refractivity contribution is -0.137. The molecule has 5 heteroatoms. The highest BCUT2D eigenvalue weighted by atomic mass is 16.4. The van der Waals surface area contributed by atoms with Gasteiger partial charge in [-0.1, -0.05) is 19.3 Å². The minimum Gasteiger partial charge on any atom is -0.481 e.